The second-order valence-electron chi connectivity index (χ2n) is 4.77. The van der Waals surface area contributed by atoms with E-state index in [4.69, 9.17) is 9.47 Å². The van der Waals surface area contributed by atoms with Gasteiger partial charge in [-0.15, -0.1) is 0 Å². The smallest absolute Gasteiger partial charge is 0.243 e. The Morgan fingerprint density at radius 2 is 1.68 bits per heavy atom. The minimum Gasteiger partial charge on any atom is -0.486 e. The molecule has 0 fully saturated rings. The molecule has 2 aromatic rings. The maximum absolute atomic E-state index is 12.0. The van der Waals surface area contributed by atoms with Crippen molar-refractivity contribution in [1.82, 2.24) is 0 Å². The van der Waals surface area contributed by atoms with Crippen molar-refractivity contribution < 1.29 is 14.3 Å². The molecule has 1 amide bonds. The molecule has 0 bridgehead atoms. The zero-order chi connectivity index (χ0) is 15.4. The molecule has 0 aliphatic carbocycles. The number of nitrogens with one attached hydrogen (secondary N) is 2. The summed E-state index contributed by atoms with van der Waals surface area (Å²) >= 11 is 3.37. The van der Waals surface area contributed by atoms with Gasteiger partial charge in [0.1, 0.15) is 13.2 Å². The van der Waals surface area contributed by atoms with Crippen molar-refractivity contribution in [3.05, 3.63) is 46.9 Å². The Kier molecular flexibility index (Phi) is 4.48. The number of halogens is 1. The first-order chi connectivity index (χ1) is 10.7. The number of fused-ring (bicyclic) bond motifs is 1. The molecule has 0 saturated heterocycles. The zero-order valence-corrected chi connectivity index (χ0v) is 13.4. The largest absolute Gasteiger partial charge is 0.486 e. The van der Waals surface area contributed by atoms with Crippen LogP contribution in [0.25, 0.3) is 0 Å². The van der Waals surface area contributed by atoms with Gasteiger partial charge in [-0.2, -0.15) is 0 Å². The SMILES string of the molecule is O=C(CNc1ccc(Br)cc1)Nc1ccc2c(c1)OCCO2. The van der Waals surface area contributed by atoms with E-state index in [0.717, 1.165) is 10.2 Å². The summed E-state index contributed by atoms with van der Waals surface area (Å²) in [7, 11) is 0. The summed E-state index contributed by atoms with van der Waals surface area (Å²) in [6.07, 6.45) is 0. The fraction of sp³-hybridized carbons (Fsp3) is 0.188. The summed E-state index contributed by atoms with van der Waals surface area (Å²) in [5.41, 5.74) is 1.58. The minimum absolute atomic E-state index is 0.125. The predicted molar refractivity (Wildman–Crippen MR) is 88.7 cm³/mol. The topological polar surface area (TPSA) is 59.6 Å². The van der Waals surface area contributed by atoms with Crippen LogP contribution in [0.15, 0.2) is 46.9 Å². The van der Waals surface area contributed by atoms with Crippen LogP contribution < -0.4 is 20.1 Å². The Morgan fingerprint density at radius 1 is 1.00 bits per heavy atom. The van der Waals surface area contributed by atoms with Gasteiger partial charge in [0.2, 0.25) is 5.91 Å². The fourth-order valence-corrected chi connectivity index (χ4v) is 2.34. The molecule has 22 heavy (non-hydrogen) atoms. The maximum Gasteiger partial charge on any atom is 0.243 e. The van der Waals surface area contributed by atoms with Crippen LogP contribution in [0.4, 0.5) is 11.4 Å². The molecule has 1 heterocycles. The van der Waals surface area contributed by atoms with Gasteiger partial charge in [-0.3, -0.25) is 4.79 Å². The minimum atomic E-state index is -0.125. The molecule has 114 valence electrons. The zero-order valence-electron chi connectivity index (χ0n) is 11.8. The van der Waals surface area contributed by atoms with E-state index in [2.05, 4.69) is 26.6 Å². The lowest BCUT2D eigenvalue weighted by molar-refractivity contribution is -0.114. The highest BCUT2D eigenvalue weighted by atomic mass is 79.9. The monoisotopic (exact) mass is 362 g/mol. The summed E-state index contributed by atoms with van der Waals surface area (Å²) in [6, 6.07) is 13.0. The molecule has 0 unspecified atom stereocenters. The van der Waals surface area contributed by atoms with Crippen molar-refractivity contribution in [3.63, 3.8) is 0 Å². The summed E-state index contributed by atoms with van der Waals surface area (Å²) in [5, 5.41) is 5.89. The molecule has 1 aliphatic heterocycles. The summed E-state index contributed by atoms with van der Waals surface area (Å²) in [5.74, 6) is 1.24. The molecule has 3 rings (SSSR count). The van der Waals surface area contributed by atoms with E-state index in [-0.39, 0.29) is 12.5 Å². The third-order valence-corrected chi connectivity index (χ3v) is 3.65. The highest BCUT2D eigenvalue weighted by molar-refractivity contribution is 9.10. The predicted octanol–water partition coefficient (Wildman–Crippen LogP) is 3.27. The molecule has 6 heteroatoms. The Bertz CT molecular complexity index is 674. The molecule has 0 aromatic heterocycles. The number of rotatable bonds is 4. The number of amides is 1. The first kappa shape index (κ1) is 14.7. The van der Waals surface area contributed by atoms with Crippen LogP contribution >= 0.6 is 15.9 Å². The molecular weight excluding hydrogens is 348 g/mol. The van der Waals surface area contributed by atoms with Crippen LogP contribution in [0, 0.1) is 0 Å². The lowest BCUT2D eigenvalue weighted by atomic mass is 10.2. The molecular formula is C16H15BrN2O3. The molecule has 0 spiro atoms. The van der Waals surface area contributed by atoms with Crippen LogP contribution in [0.5, 0.6) is 11.5 Å². The Balaban J connectivity index is 1.56. The Labute approximate surface area is 136 Å². The summed E-state index contributed by atoms with van der Waals surface area (Å²) in [6.45, 7) is 1.27. The third-order valence-electron chi connectivity index (χ3n) is 3.12. The highest BCUT2D eigenvalue weighted by Gasteiger charge is 2.12. The molecule has 5 nitrogen and oxygen atoms in total. The fourth-order valence-electron chi connectivity index (χ4n) is 2.08. The van der Waals surface area contributed by atoms with E-state index in [1.165, 1.54) is 0 Å². The summed E-state index contributed by atoms with van der Waals surface area (Å²) in [4.78, 5) is 12.0. The quantitative estimate of drug-likeness (QED) is 0.876. The van der Waals surface area contributed by atoms with Gasteiger partial charge < -0.3 is 20.1 Å². The van der Waals surface area contributed by atoms with Crippen molar-refractivity contribution in [2.24, 2.45) is 0 Å². The van der Waals surface area contributed by atoms with Crippen molar-refractivity contribution in [2.45, 2.75) is 0 Å². The van der Waals surface area contributed by atoms with Crippen molar-refractivity contribution >= 4 is 33.2 Å². The summed E-state index contributed by atoms with van der Waals surface area (Å²) < 4.78 is 11.9. The number of benzene rings is 2. The van der Waals surface area contributed by atoms with Gasteiger partial charge >= 0.3 is 0 Å². The normalized spacial score (nSPS) is 12.6. The van der Waals surface area contributed by atoms with E-state index in [0.29, 0.717) is 30.4 Å². The van der Waals surface area contributed by atoms with Crippen molar-refractivity contribution in [1.29, 1.82) is 0 Å². The van der Waals surface area contributed by atoms with E-state index in [9.17, 15) is 4.79 Å². The second kappa shape index (κ2) is 6.70. The lowest BCUT2D eigenvalue weighted by Gasteiger charge is -2.19. The molecule has 0 atom stereocenters. The third kappa shape index (κ3) is 3.71. The average molecular weight is 363 g/mol. The van der Waals surface area contributed by atoms with Gasteiger partial charge in [-0.25, -0.2) is 0 Å². The lowest BCUT2D eigenvalue weighted by Crippen LogP contribution is -2.22. The van der Waals surface area contributed by atoms with Crippen LogP contribution in [0.2, 0.25) is 0 Å². The number of hydrogen-bond donors (Lipinski definition) is 2. The first-order valence-corrected chi connectivity index (χ1v) is 7.69. The van der Waals surface area contributed by atoms with Crippen LogP contribution in [-0.2, 0) is 4.79 Å². The van der Waals surface area contributed by atoms with Gasteiger partial charge in [-0.05, 0) is 36.4 Å². The number of anilines is 2. The second-order valence-corrected chi connectivity index (χ2v) is 5.68. The van der Waals surface area contributed by atoms with E-state index in [1.807, 2.05) is 24.3 Å². The molecule has 1 aliphatic rings. The number of ether oxygens (including phenoxy) is 2. The van der Waals surface area contributed by atoms with Gasteiger partial charge in [0.25, 0.3) is 0 Å². The van der Waals surface area contributed by atoms with E-state index < -0.39 is 0 Å². The standard InChI is InChI=1S/C16H15BrN2O3/c17-11-1-3-12(4-2-11)18-10-16(20)19-13-5-6-14-15(9-13)22-8-7-21-14/h1-6,9,18H,7-8,10H2,(H,19,20). The van der Waals surface area contributed by atoms with Gasteiger partial charge in [0, 0.05) is 21.9 Å². The molecule has 0 saturated carbocycles. The number of carbonyl (C=O) groups is 1. The maximum atomic E-state index is 12.0. The van der Waals surface area contributed by atoms with Gasteiger partial charge in [-0.1, -0.05) is 15.9 Å². The number of hydrogen-bond acceptors (Lipinski definition) is 4. The van der Waals surface area contributed by atoms with Crippen LogP contribution in [-0.4, -0.2) is 25.7 Å². The van der Waals surface area contributed by atoms with Crippen LogP contribution in [0.3, 0.4) is 0 Å². The molecule has 2 aromatic carbocycles. The first-order valence-electron chi connectivity index (χ1n) is 6.90. The van der Waals surface area contributed by atoms with Crippen molar-refractivity contribution in [2.75, 3.05) is 30.4 Å². The van der Waals surface area contributed by atoms with E-state index in [1.54, 1.807) is 18.2 Å². The average Bonchev–Trinajstić information content (AvgIpc) is 2.54. The van der Waals surface area contributed by atoms with Gasteiger partial charge in [0.15, 0.2) is 11.5 Å². The van der Waals surface area contributed by atoms with Crippen LogP contribution in [0.1, 0.15) is 0 Å². The Morgan fingerprint density at radius 3 is 2.45 bits per heavy atom. The van der Waals surface area contributed by atoms with Crippen molar-refractivity contribution in [3.8, 4) is 11.5 Å². The molecule has 0 radical (unpaired) electrons. The number of carbonyl (C=O) groups excluding carboxylic acids is 1. The molecule has 2 N–H and O–H groups in total. The van der Waals surface area contributed by atoms with Gasteiger partial charge in [0.05, 0.1) is 6.54 Å². The highest BCUT2D eigenvalue weighted by Crippen LogP contribution is 2.32. The Hall–Kier alpha value is -2.21. The van der Waals surface area contributed by atoms with E-state index >= 15 is 0 Å².